The smallest absolute Gasteiger partial charge is 0.191 e. The maximum Gasteiger partial charge on any atom is 0.191 e. The van der Waals surface area contributed by atoms with Crippen LogP contribution in [-0.2, 0) is 11.8 Å². The van der Waals surface area contributed by atoms with Gasteiger partial charge in [0.1, 0.15) is 5.76 Å². The van der Waals surface area contributed by atoms with Gasteiger partial charge >= 0.3 is 0 Å². The van der Waals surface area contributed by atoms with Crippen molar-refractivity contribution in [1.82, 2.24) is 10.6 Å². The zero-order chi connectivity index (χ0) is 16.1. The first-order valence-electron chi connectivity index (χ1n) is 7.95. The van der Waals surface area contributed by atoms with Gasteiger partial charge in [-0.2, -0.15) is 0 Å². The topological polar surface area (TPSA) is 49.6 Å². The van der Waals surface area contributed by atoms with E-state index in [4.69, 9.17) is 16.0 Å². The molecule has 5 heteroatoms. The number of halogens is 1. The molecular formula is C18H22ClN3O. The molecule has 1 heterocycles. The maximum absolute atomic E-state index is 6.12. The highest BCUT2D eigenvalue weighted by molar-refractivity contribution is 6.30. The van der Waals surface area contributed by atoms with E-state index in [9.17, 15) is 0 Å². The van der Waals surface area contributed by atoms with Crippen LogP contribution in [0.2, 0.25) is 5.02 Å². The Kier molecular flexibility index (Phi) is 4.91. The van der Waals surface area contributed by atoms with Gasteiger partial charge < -0.3 is 15.1 Å². The first-order chi connectivity index (χ1) is 11.2. The third-order valence-corrected chi connectivity index (χ3v) is 4.59. The second-order valence-electron chi connectivity index (χ2n) is 5.97. The molecule has 23 heavy (non-hydrogen) atoms. The van der Waals surface area contributed by atoms with Crippen LogP contribution >= 0.6 is 11.6 Å². The highest BCUT2D eigenvalue weighted by atomic mass is 35.5. The zero-order valence-corrected chi connectivity index (χ0v) is 14.1. The minimum atomic E-state index is 0.198. The van der Waals surface area contributed by atoms with Crippen molar-refractivity contribution in [3.8, 4) is 0 Å². The highest BCUT2D eigenvalue weighted by Gasteiger charge is 2.44. The lowest BCUT2D eigenvalue weighted by Crippen LogP contribution is -2.41. The van der Waals surface area contributed by atoms with Gasteiger partial charge in [0.2, 0.25) is 0 Å². The number of hydrogen-bond acceptors (Lipinski definition) is 2. The third-order valence-electron chi connectivity index (χ3n) is 4.35. The average molecular weight is 332 g/mol. The van der Waals surface area contributed by atoms with Gasteiger partial charge in [-0.15, -0.1) is 0 Å². The summed E-state index contributed by atoms with van der Waals surface area (Å²) in [6.45, 7) is 1.66. The number of aliphatic imine (C=N–C) groups is 1. The molecular weight excluding hydrogens is 310 g/mol. The van der Waals surface area contributed by atoms with E-state index in [-0.39, 0.29) is 5.41 Å². The van der Waals surface area contributed by atoms with E-state index >= 15 is 0 Å². The van der Waals surface area contributed by atoms with E-state index in [0.717, 1.165) is 36.3 Å². The molecule has 1 aliphatic carbocycles. The summed E-state index contributed by atoms with van der Waals surface area (Å²) < 4.78 is 5.33. The number of rotatable bonds is 6. The fraction of sp³-hybridized carbons (Fsp3) is 0.389. The lowest BCUT2D eigenvalue weighted by Gasteiger charge is -2.19. The van der Waals surface area contributed by atoms with Crippen molar-refractivity contribution in [1.29, 1.82) is 0 Å². The number of furan rings is 1. The molecule has 1 saturated carbocycles. The van der Waals surface area contributed by atoms with Crippen LogP contribution in [-0.4, -0.2) is 26.1 Å². The molecule has 0 unspecified atom stereocenters. The number of nitrogens with zero attached hydrogens (tertiary/aromatic N) is 1. The molecule has 1 fully saturated rings. The van der Waals surface area contributed by atoms with Crippen molar-refractivity contribution in [3.63, 3.8) is 0 Å². The summed E-state index contributed by atoms with van der Waals surface area (Å²) in [7, 11) is 1.79. The van der Waals surface area contributed by atoms with E-state index in [1.165, 1.54) is 18.4 Å². The summed E-state index contributed by atoms with van der Waals surface area (Å²) in [5, 5.41) is 7.56. The summed E-state index contributed by atoms with van der Waals surface area (Å²) in [6, 6.07) is 12.1. The summed E-state index contributed by atoms with van der Waals surface area (Å²) in [5.41, 5.74) is 1.51. The van der Waals surface area contributed by atoms with E-state index in [1.54, 1.807) is 13.3 Å². The summed E-state index contributed by atoms with van der Waals surface area (Å²) in [5.74, 6) is 1.80. The molecule has 1 aromatic carbocycles. The Labute approximate surface area is 141 Å². The molecule has 0 bridgehead atoms. The van der Waals surface area contributed by atoms with E-state index in [0.29, 0.717) is 0 Å². The van der Waals surface area contributed by atoms with Crippen LogP contribution in [0.5, 0.6) is 0 Å². The Balaban J connectivity index is 1.50. The van der Waals surface area contributed by atoms with Crippen LogP contribution in [0.1, 0.15) is 24.2 Å². The lowest BCUT2D eigenvalue weighted by molar-refractivity contribution is 0.506. The Morgan fingerprint density at radius 1 is 1.26 bits per heavy atom. The van der Waals surface area contributed by atoms with Crippen molar-refractivity contribution < 1.29 is 4.42 Å². The maximum atomic E-state index is 6.12. The normalized spacial score (nSPS) is 16.2. The SMILES string of the molecule is CN=C(NCCc1ccco1)NCC1(c2cccc(Cl)c2)CC1. The van der Waals surface area contributed by atoms with Gasteiger partial charge in [-0.3, -0.25) is 4.99 Å². The monoisotopic (exact) mass is 331 g/mol. The number of guanidine groups is 1. The molecule has 122 valence electrons. The Bertz CT molecular complexity index is 663. The van der Waals surface area contributed by atoms with Gasteiger partial charge in [-0.05, 0) is 42.7 Å². The predicted molar refractivity (Wildman–Crippen MR) is 94.1 cm³/mol. The average Bonchev–Trinajstić information content (AvgIpc) is 3.18. The first-order valence-corrected chi connectivity index (χ1v) is 8.33. The number of nitrogens with one attached hydrogen (secondary N) is 2. The molecule has 0 amide bonds. The van der Waals surface area contributed by atoms with Gasteiger partial charge in [-0.1, -0.05) is 23.7 Å². The van der Waals surface area contributed by atoms with Crippen molar-refractivity contribution in [2.24, 2.45) is 4.99 Å². The molecule has 0 saturated heterocycles. The molecule has 2 N–H and O–H groups in total. The van der Waals surface area contributed by atoms with Gasteiger partial charge in [0, 0.05) is 37.0 Å². The molecule has 0 atom stereocenters. The Hall–Kier alpha value is -1.94. The summed E-state index contributed by atoms with van der Waals surface area (Å²) >= 11 is 6.12. The van der Waals surface area contributed by atoms with Crippen LogP contribution < -0.4 is 10.6 Å². The van der Waals surface area contributed by atoms with Gasteiger partial charge in [0.25, 0.3) is 0 Å². The third kappa shape index (κ3) is 4.08. The number of benzene rings is 1. The number of hydrogen-bond donors (Lipinski definition) is 2. The highest BCUT2D eigenvalue weighted by Crippen LogP contribution is 2.48. The van der Waals surface area contributed by atoms with Crippen molar-refractivity contribution in [3.05, 3.63) is 59.0 Å². The summed E-state index contributed by atoms with van der Waals surface area (Å²) in [6.07, 6.45) is 4.91. The molecule has 0 aliphatic heterocycles. The zero-order valence-electron chi connectivity index (χ0n) is 13.3. The van der Waals surface area contributed by atoms with Crippen LogP contribution in [0, 0.1) is 0 Å². The molecule has 4 nitrogen and oxygen atoms in total. The molecule has 0 radical (unpaired) electrons. The molecule has 2 aromatic rings. The Morgan fingerprint density at radius 2 is 2.13 bits per heavy atom. The molecule has 1 aliphatic rings. The minimum Gasteiger partial charge on any atom is -0.469 e. The molecule has 0 spiro atoms. The predicted octanol–water partition coefficient (Wildman–Crippen LogP) is 3.37. The Morgan fingerprint density at radius 3 is 2.78 bits per heavy atom. The second-order valence-corrected chi connectivity index (χ2v) is 6.41. The van der Waals surface area contributed by atoms with E-state index in [1.807, 2.05) is 24.3 Å². The molecule has 1 aromatic heterocycles. The van der Waals surface area contributed by atoms with E-state index < -0.39 is 0 Å². The van der Waals surface area contributed by atoms with E-state index in [2.05, 4.69) is 27.8 Å². The van der Waals surface area contributed by atoms with Crippen LogP contribution in [0.4, 0.5) is 0 Å². The molecule has 3 rings (SSSR count). The fourth-order valence-electron chi connectivity index (χ4n) is 2.77. The second kappa shape index (κ2) is 7.09. The standard InChI is InChI=1S/C18H22ClN3O/c1-20-17(21-10-7-16-6-3-11-23-16)22-13-18(8-9-18)14-4-2-5-15(19)12-14/h2-6,11-12H,7-10,13H2,1H3,(H2,20,21,22). The largest absolute Gasteiger partial charge is 0.469 e. The van der Waals surface area contributed by atoms with Gasteiger partial charge in [0.05, 0.1) is 6.26 Å². The van der Waals surface area contributed by atoms with Crippen LogP contribution in [0.3, 0.4) is 0 Å². The van der Waals surface area contributed by atoms with Crippen molar-refractivity contribution in [2.75, 3.05) is 20.1 Å². The minimum absolute atomic E-state index is 0.198. The van der Waals surface area contributed by atoms with Crippen LogP contribution in [0.15, 0.2) is 52.1 Å². The van der Waals surface area contributed by atoms with Crippen molar-refractivity contribution >= 4 is 17.6 Å². The quantitative estimate of drug-likeness (QED) is 0.630. The fourth-order valence-corrected chi connectivity index (χ4v) is 2.96. The van der Waals surface area contributed by atoms with Crippen LogP contribution in [0.25, 0.3) is 0 Å². The lowest BCUT2D eigenvalue weighted by atomic mass is 9.96. The van der Waals surface area contributed by atoms with Gasteiger partial charge in [0.15, 0.2) is 5.96 Å². The van der Waals surface area contributed by atoms with Crippen molar-refractivity contribution in [2.45, 2.75) is 24.7 Å². The first kappa shape index (κ1) is 15.9. The van der Waals surface area contributed by atoms with Gasteiger partial charge in [-0.25, -0.2) is 0 Å². The summed E-state index contributed by atoms with van der Waals surface area (Å²) in [4.78, 5) is 4.29.